The maximum atomic E-state index is 12.1. The van der Waals surface area contributed by atoms with Crippen molar-refractivity contribution in [2.24, 2.45) is 0 Å². The molecule has 0 unspecified atom stereocenters. The summed E-state index contributed by atoms with van der Waals surface area (Å²) in [5.41, 5.74) is 8.19. The number of hydrogen-bond donors (Lipinski definition) is 2. The molecular formula is C21H25N4O4+. The van der Waals surface area contributed by atoms with Crippen molar-refractivity contribution in [2.75, 3.05) is 25.3 Å². The summed E-state index contributed by atoms with van der Waals surface area (Å²) in [7, 11) is 3.14. The van der Waals surface area contributed by atoms with Gasteiger partial charge in [0.1, 0.15) is 11.3 Å². The van der Waals surface area contributed by atoms with Crippen molar-refractivity contribution in [2.45, 2.75) is 26.4 Å². The summed E-state index contributed by atoms with van der Waals surface area (Å²) in [5, 5.41) is 3.54. The smallest absolute Gasteiger partial charge is 0.412 e. The van der Waals surface area contributed by atoms with Crippen molar-refractivity contribution in [1.29, 1.82) is 0 Å². The number of ether oxygens (including phenoxy) is 3. The molecule has 2 aromatic carbocycles. The average Bonchev–Trinajstić information content (AvgIpc) is 2.64. The van der Waals surface area contributed by atoms with Crippen LogP contribution in [0.5, 0.6) is 11.5 Å². The van der Waals surface area contributed by atoms with Gasteiger partial charge in [-0.25, -0.2) is 9.78 Å². The Morgan fingerprint density at radius 1 is 1.10 bits per heavy atom. The Bertz CT molecular complexity index is 1060. The Morgan fingerprint density at radius 2 is 1.79 bits per heavy atom. The summed E-state index contributed by atoms with van der Waals surface area (Å²) >= 11 is 0. The van der Waals surface area contributed by atoms with Crippen LogP contribution in [0.25, 0.3) is 22.2 Å². The lowest BCUT2D eigenvalue weighted by Crippen LogP contribution is -2.27. The van der Waals surface area contributed by atoms with E-state index in [4.69, 9.17) is 19.9 Å². The van der Waals surface area contributed by atoms with E-state index in [1.807, 2.05) is 45.0 Å². The predicted molar refractivity (Wildman–Crippen MR) is 111 cm³/mol. The summed E-state index contributed by atoms with van der Waals surface area (Å²) in [6.45, 7) is 5.43. The number of nitrogens with one attached hydrogen (secondary N) is 2. The van der Waals surface area contributed by atoms with Crippen LogP contribution >= 0.6 is 0 Å². The molecule has 8 heteroatoms. The second kappa shape index (κ2) is 7.83. The highest BCUT2D eigenvalue weighted by atomic mass is 16.6. The third kappa shape index (κ3) is 4.66. The van der Waals surface area contributed by atoms with Crippen LogP contribution in [-0.2, 0) is 4.74 Å². The summed E-state index contributed by atoms with van der Waals surface area (Å²) in [6.07, 6.45) is -0.524. The molecule has 0 fully saturated rings. The molecule has 1 amide bonds. The molecule has 0 spiro atoms. The highest BCUT2D eigenvalue weighted by molar-refractivity contribution is 5.94. The van der Waals surface area contributed by atoms with Crippen LogP contribution in [0.15, 0.2) is 36.4 Å². The molecule has 0 atom stereocenters. The molecule has 0 aliphatic rings. The van der Waals surface area contributed by atoms with Gasteiger partial charge in [0, 0.05) is 17.3 Å². The number of carbonyl (C=O) groups excluding carboxylic acids is 1. The van der Waals surface area contributed by atoms with E-state index in [1.54, 1.807) is 26.4 Å². The van der Waals surface area contributed by atoms with E-state index < -0.39 is 11.7 Å². The number of amides is 1. The lowest BCUT2D eigenvalue weighted by Gasteiger charge is -2.19. The first-order chi connectivity index (χ1) is 13.7. The predicted octanol–water partition coefficient (Wildman–Crippen LogP) is 3.66. The highest BCUT2D eigenvalue weighted by Gasteiger charge is 2.19. The SMILES string of the molecule is COc1cc2nc(N)[nH+]c(-c3cccc(NC(=O)OC(C)(C)C)c3)c2cc1OC. The van der Waals surface area contributed by atoms with Gasteiger partial charge in [-0.1, -0.05) is 17.1 Å². The Hall–Kier alpha value is -3.55. The van der Waals surface area contributed by atoms with Gasteiger partial charge in [-0.3, -0.25) is 11.1 Å². The molecule has 8 nitrogen and oxygen atoms in total. The van der Waals surface area contributed by atoms with Gasteiger partial charge < -0.3 is 14.2 Å². The number of methoxy groups -OCH3 is 2. The topological polar surface area (TPSA) is 110 Å². The fourth-order valence-corrected chi connectivity index (χ4v) is 2.92. The zero-order valence-corrected chi connectivity index (χ0v) is 17.1. The number of anilines is 2. The van der Waals surface area contributed by atoms with Gasteiger partial charge in [-0.05, 0) is 39.0 Å². The van der Waals surface area contributed by atoms with Gasteiger partial charge in [0.05, 0.1) is 19.6 Å². The van der Waals surface area contributed by atoms with Gasteiger partial charge in [-0.2, -0.15) is 0 Å². The summed E-state index contributed by atoms with van der Waals surface area (Å²) in [6, 6.07) is 10.9. The van der Waals surface area contributed by atoms with E-state index in [1.165, 1.54) is 0 Å². The van der Waals surface area contributed by atoms with Crippen molar-refractivity contribution in [3.05, 3.63) is 36.4 Å². The molecule has 0 bridgehead atoms. The lowest BCUT2D eigenvalue weighted by molar-refractivity contribution is -0.348. The Kier molecular flexibility index (Phi) is 5.45. The molecule has 29 heavy (non-hydrogen) atoms. The largest absolute Gasteiger partial charge is 0.493 e. The number of fused-ring (bicyclic) bond motifs is 1. The molecule has 152 valence electrons. The standard InChI is InChI=1S/C21H24N4O4/c1-21(2,3)29-20(26)23-13-8-6-7-12(9-13)18-14-10-16(27-4)17(28-5)11-15(14)24-19(22)25-18/h6-11H,1-5H3,(H,23,26)(H2,22,24,25)/p+1. The van der Waals surface area contributed by atoms with E-state index >= 15 is 0 Å². The fourth-order valence-electron chi connectivity index (χ4n) is 2.92. The second-order valence-electron chi connectivity index (χ2n) is 7.43. The van der Waals surface area contributed by atoms with Gasteiger partial charge in [-0.15, -0.1) is 0 Å². The number of nitrogen functional groups attached to an aromatic ring is 1. The third-order valence-electron chi connectivity index (χ3n) is 4.06. The summed E-state index contributed by atoms with van der Waals surface area (Å²) in [4.78, 5) is 19.5. The van der Waals surface area contributed by atoms with Crippen LogP contribution in [0.2, 0.25) is 0 Å². The van der Waals surface area contributed by atoms with Crippen LogP contribution in [0, 0.1) is 0 Å². The minimum absolute atomic E-state index is 0.255. The first kappa shape index (κ1) is 20.2. The minimum atomic E-state index is -0.583. The van der Waals surface area contributed by atoms with Crippen LogP contribution in [-0.4, -0.2) is 30.9 Å². The second-order valence-corrected chi connectivity index (χ2v) is 7.43. The zero-order valence-electron chi connectivity index (χ0n) is 17.1. The molecule has 0 saturated carbocycles. The van der Waals surface area contributed by atoms with Gasteiger partial charge >= 0.3 is 12.0 Å². The van der Waals surface area contributed by atoms with E-state index in [9.17, 15) is 4.79 Å². The third-order valence-corrected chi connectivity index (χ3v) is 4.06. The minimum Gasteiger partial charge on any atom is -0.493 e. The number of benzene rings is 2. The zero-order chi connectivity index (χ0) is 21.2. The lowest BCUT2D eigenvalue weighted by atomic mass is 10.1. The normalized spacial score (nSPS) is 11.2. The number of nitrogens with zero attached hydrogens (tertiary/aromatic N) is 1. The molecule has 0 saturated heterocycles. The van der Waals surface area contributed by atoms with Crippen molar-refractivity contribution >= 4 is 28.6 Å². The van der Waals surface area contributed by atoms with Crippen molar-refractivity contribution in [1.82, 2.24) is 4.98 Å². The van der Waals surface area contributed by atoms with Crippen LogP contribution < -0.4 is 25.5 Å². The monoisotopic (exact) mass is 397 g/mol. The fraction of sp³-hybridized carbons (Fsp3) is 0.286. The Morgan fingerprint density at radius 3 is 2.45 bits per heavy atom. The molecule has 1 aromatic heterocycles. The van der Waals surface area contributed by atoms with Gasteiger partial charge in [0.2, 0.25) is 0 Å². The molecular weight excluding hydrogens is 372 g/mol. The number of carbonyl (C=O) groups is 1. The average molecular weight is 397 g/mol. The first-order valence-electron chi connectivity index (χ1n) is 9.05. The van der Waals surface area contributed by atoms with Crippen molar-refractivity contribution in [3.63, 3.8) is 0 Å². The maximum Gasteiger partial charge on any atom is 0.412 e. The molecule has 0 radical (unpaired) electrons. The van der Waals surface area contributed by atoms with Crippen LogP contribution in [0.1, 0.15) is 20.8 Å². The van der Waals surface area contributed by atoms with E-state index in [0.29, 0.717) is 22.7 Å². The molecule has 4 N–H and O–H groups in total. The molecule has 3 rings (SSSR count). The van der Waals surface area contributed by atoms with Crippen molar-refractivity contribution in [3.8, 4) is 22.8 Å². The number of aromatic amines is 1. The van der Waals surface area contributed by atoms with E-state index in [2.05, 4.69) is 15.3 Å². The Labute approximate surface area is 169 Å². The maximum absolute atomic E-state index is 12.1. The van der Waals surface area contributed by atoms with E-state index in [-0.39, 0.29) is 5.95 Å². The molecule has 0 aliphatic carbocycles. The number of aromatic nitrogens is 2. The summed E-state index contributed by atoms with van der Waals surface area (Å²) < 4.78 is 16.1. The van der Waals surface area contributed by atoms with E-state index in [0.717, 1.165) is 16.6 Å². The van der Waals surface area contributed by atoms with Gasteiger partial charge in [0.15, 0.2) is 17.0 Å². The number of hydrogen-bond acceptors (Lipinski definition) is 6. The first-order valence-corrected chi connectivity index (χ1v) is 9.05. The quantitative estimate of drug-likeness (QED) is 0.695. The Balaban J connectivity index is 2.05. The summed E-state index contributed by atoms with van der Waals surface area (Å²) in [5.74, 6) is 1.39. The molecule has 3 aromatic rings. The number of nitrogens with two attached hydrogens (primary N) is 1. The van der Waals surface area contributed by atoms with Crippen LogP contribution in [0.4, 0.5) is 16.4 Å². The molecule has 1 heterocycles. The number of H-pyrrole nitrogens is 1. The van der Waals surface area contributed by atoms with Gasteiger partial charge in [0.25, 0.3) is 0 Å². The highest BCUT2D eigenvalue weighted by Crippen LogP contribution is 2.35. The van der Waals surface area contributed by atoms with Crippen molar-refractivity contribution < 1.29 is 24.0 Å². The van der Waals surface area contributed by atoms with Crippen LogP contribution in [0.3, 0.4) is 0 Å². The molecule has 0 aliphatic heterocycles. The number of rotatable bonds is 4.